The predicted molar refractivity (Wildman–Crippen MR) is 118 cm³/mol. The van der Waals surface area contributed by atoms with E-state index in [1.165, 1.54) is 0 Å². The summed E-state index contributed by atoms with van der Waals surface area (Å²) in [5.41, 5.74) is -7.65. The van der Waals surface area contributed by atoms with Gasteiger partial charge in [-0.1, -0.05) is 22.3 Å². The quantitative estimate of drug-likeness (QED) is 0.171. The summed E-state index contributed by atoms with van der Waals surface area (Å²) in [6.45, 7) is 0. The normalized spacial score (nSPS) is 13.6. The molecule has 41 heavy (non-hydrogen) atoms. The predicted octanol–water partition coefficient (Wildman–Crippen LogP) is 4.14. The minimum absolute atomic E-state index is 0. The largest absolute Gasteiger partial charge is 2.00 e. The van der Waals surface area contributed by atoms with Crippen molar-refractivity contribution in [1.82, 2.24) is 19.9 Å². The van der Waals surface area contributed by atoms with Crippen molar-refractivity contribution in [2.45, 2.75) is 12.4 Å². The molecule has 0 unspecified atom stereocenters. The van der Waals surface area contributed by atoms with Crippen LogP contribution in [0.1, 0.15) is 75.6 Å². The molecule has 0 saturated carbocycles. The summed E-state index contributed by atoms with van der Waals surface area (Å²) in [4.78, 5) is 67.3. The smallest absolute Gasteiger partial charge is 0.336 e. The van der Waals surface area contributed by atoms with Crippen LogP contribution < -0.4 is 0 Å². The van der Waals surface area contributed by atoms with Crippen molar-refractivity contribution in [2.24, 2.45) is 0 Å². The molecule has 2 aromatic heterocycles. The van der Waals surface area contributed by atoms with Gasteiger partial charge in [-0.05, 0) is 23.3 Å². The number of hydrogen-bond acceptors (Lipinski definition) is 8. The second-order valence-corrected chi connectivity index (χ2v) is 8.24. The molecule has 2 aromatic carbocycles. The summed E-state index contributed by atoms with van der Waals surface area (Å²) in [5.74, 6) is -6.29. The summed E-state index contributed by atoms with van der Waals surface area (Å²) in [5, 5.41) is 0. The van der Waals surface area contributed by atoms with Gasteiger partial charge >= 0.3 is 33.4 Å². The standard InChI is InChI=1S/C26H8F6N4O4.Pt/c27-25(28,29)15-7-11-5-13(9-15)20(38)17-1-3-33-23(35-17)22(40)24-34-4-2-18(36-24)21(39)14-6-12(19(11)37)8-16(10-14)26(30,31)32;/h1-4,7-10H;/q-2;+2. The van der Waals surface area contributed by atoms with Gasteiger partial charge in [-0.3, -0.25) is 4.79 Å². The van der Waals surface area contributed by atoms with Crippen LogP contribution in [0.25, 0.3) is 0 Å². The third-order valence-corrected chi connectivity index (χ3v) is 5.55. The van der Waals surface area contributed by atoms with Crippen LogP contribution in [0.2, 0.25) is 0 Å². The zero-order chi connectivity index (χ0) is 29.0. The van der Waals surface area contributed by atoms with E-state index in [9.17, 15) is 45.5 Å². The molecule has 0 N–H and O–H groups in total. The topological polar surface area (TPSA) is 120 Å². The van der Waals surface area contributed by atoms with Crippen molar-refractivity contribution in [2.75, 3.05) is 0 Å². The fourth-order valence-electron chi connectivity index (χ4n) is 3.67. The number of rotatable bonds is 0. The van der Waals surface area contributed by atoms with Crippen LogP contribution in [-0.4, -0.2) is 43.1 Å². The molecule has 1 aliphatic heterocycles. The van der Waals surface area contributed by atoms with Crippen LogP contribution >= 0.6 is 0 Å². The van der Waals surface area contributed by atoms with Crippen LogP contribution in [0.3, 0.4) is 0 Å². The number of fused-ring (bicyclic) bond motifs is 8. The monoisotopic (exact) mass is 749 g/mol. The third-order valence-electron chi connectivity index (χ3n) is 5.55. The van der Waals surface area contributed by atoms with Gasteiger partial charge in [0.2, 0.25) is 11.6 Å². The number of alkyl halides is 6. The summed E-state index contributed by atoms with van der Waals surface area (Å²) >= 11 is 0. The van der Waals surface area contributed by atoms with E-state index in [4.69, 9.17) is 0 Å². The molecule has 8 bridgehead atoms. The minimum atomic E-state index is -5.09. The molecule has 0 radical (unpaired) electrons. The van der Waals surface area contributed by atoms with Crippen LogP contribution in [0.15, 0.2) is 48.8 Å². The number of hydrogen-bond donors (Lipinski definition) is 0. The second kappa shape index (κ2) is 10.5. The van der Waals surface area contributed by atoms with E-state index >= 15 is 0 Å². The zero-order valence-electron chi connectivity index (χ0n) is 19.6. The zero-order valence-corrected chi connectivity index (χ0v) is 21.9. The van der Waals surface area contributed by atoms with E-state index in [1.54, 1.807) is 0 Å². The fourth-order valence-corrected chi connectivity index (χ4v) is 3.67. The average Bonchev–Trinajstić information content (AvgIpc) is 2.93. The molecular formula is C26H8F6N4O4Pt. The van der Waals surface area contributed by atoms with E-state index in [0.717, 1.165) is 24.5 Å². The van der Waals surface area contributed by atoms with Crippen molar-refractivity contribution < 1.29 is 66.6 Å². The molecule has 0 saturated heterocycles. The first-order valence-electron chi connectivity index (χ1n) is 10.9. The molecule has 3 heterocycles. The number of aromatic nitrogens is 4. The Balaban J connectivity index is 0.00000387. The van der Waals surface area contributed by atoms with Gasteiger partial charge in [-0.2, -0.15) is 26.3 Å². The summed E-state index contributed by atoms with van der Waals surface area (Å²) < 4.78 is 82.1. The summed E-state index contributed by atoms with van der Waals surface area (Å²) in [6.07, 6.45) is -8.26. The van der Waals surface area contributed by atoms with Crippen LogP contribution in [0.5, 0.6) is 0 Å². The van der Waals surface area contributed by atoms with Gasteiger partial charge in [0, 0.05) is 12.4 Å². The number of ketones is 4. The maximum Gasteiger partial charge on any atom is 2.00 e. The van der Waals surface area contributed by atoms with Crippen LogP contribution in [-0.2, 0) is 33.4 Å². The van der Waals surface area contributed by atoms with E-state index < -0.39 is 91.9 Å². The Bertz CT molecular complexity index is 1650. The van der Waals surface area contributed by atoms with Crippen molar-refractivity contribution in [3.8, 4) is 0 Å². The third kappa shape index (κ3) is 5.73. The van der Waals surface area contributed by atoms with Crippen molar-refractivity contribution in [3.05, 3.63) is 117 Å². The van der Waals surface area contributed by atoms with E-state index in [2.05, 4.69) is 32.1 Å². The maximum atomic E-state index is 13.7. The molecular weight excluding hydrogens is 741 g/mol. The SMILES string of the molecule is O=C1c2[c-]c(cc(C(F)(F)F)c2)C(=O)c2ccnc(n2)C(=O)c2nccc(n2)C(=O)c2[c-]c1cc(C(F)(F)F)c2.[Pt+2]. The molecule has 0 fully saturated rings. The van der Waals surface area contributed by atoms with Gasteiger partial charge in [0.25, 0.3) is 5.78 Å². The van der Waals surface area contributed by atoms with Crippen molar-refractivity contribution in [3.63, 3.8) is 0 Å². The van der Waals surface area contributed by atoms with E-state index in [1.807, 2.05) is 0 Å². The number of carbonyl (C=O) groups excluding carboxylic acids is 4. The first-order valence-corrected chi connectivity index (χ1v) is 10.9. The molecule has 15 heteroatoms. The number of halogens is 6. The Labute approximate surface area is 239 Å². The van der Waals surface area contributed by atoms with Crippen LogP contribution in [0.4, 0.5) is 26.3 Å². The Kier molecular flexibility index (Phi) is 7.57. The van der Waals surface area contributed by atoms with Crippen LogP contribution in [0, 0.1) is 12.1 Å². The minimum Gasteiger partial charge on any atom is -0.336 e. The molecule has 4 aromatic rings. The number of nitrogens with zero attached hydrogens (tertiary/aromatic N) is 4. The molecule has 0 spiro atoms. The summed E-state index contributed by atoms with van der Waals surface area (Å²) in [6, 6.07) is 7.65. The first-order chi connectivity index (χ1) is 18.7. The molecule has 5 rings (SSSR count). The van der Waals surface area contributed by atoms with Crippen molar-refractivity contribution in [1.29, 1.82) is 0 Å². The molecule has 0 aliphatic carbocycles. The molecule has 208 valence electrons. The summed E-state index contributed by atoms with van der Waals surface area (Å²) in [7, 11) is 0. The van der Waals surface area contributed by atoms with Gasteiger partial charge in [0.1, 0.15) is 17.3 Å². The molecule has 0 atom stereocenters. The van der Waals surface area contributed by atoms with Gasteiger partial charge in [0.15, 0.2) is 0 Å². The van der Waals surface area contributed by atoms with Gasteiger partial charge in [-0.25, -0.2) is 19.9 Å². The first kappa shape index (κ1) is 29.5. The number of carbonyl (C=O) groups is 4. The van der Waals surface area contributed by atoms with Gasteiger partial charge < -0.3 is 14.4 Å². The van der Waals surface area contributed by atoms with Crippen molar-refractivity contribution >= 4 is 23.1 Å². The van der Waals surface area contributed by atoms with Gasteiger partial charge in [0.05, 0.1) is 11.4 Å². The molecule has 1 aliphatic rings. The average molecular weight is 749 g/mol. The molecule has 0 amide bonds. The molecule has 8 nitrogen and oxygen atoms in total. The van der Waals surface area contributed by atoms with E-state index in [-0.39, 0.29) is 21.1 Å². The fraction of sp³-hybridized carbons (Fsp3) is 0.0769. The Morgan fingerprint density at radius 1 is 0.537 bits per heavy atom. The Morgan fingerprint density at radius 2 is 0.878 bits per heavy atom. The Morgan fingerprint density at radius 3 is 1.22 bits per heavy atom. The Hall–Kier alpha value is -4.45. The number of benzene rings is 2. The van der Waals surface area contributed by atoms with Gasteiger partial charge in [-0.15, -0.1) is 36.4 Å². The van der Waals surface area contributed by atoms with E-state index in [0.29, 0.717) is 24.3 Å². The second-order valence-electron chi connectivity index (χ2n) is 8.24. The maximum absolute atomic E-state index is 13.7.